The molecule has 0 aromatic carbocycles. The Kier molecular flexibility index (Phi) is 2.27. The van der Waals surface area contributed by atoms with E-state index in [1.165, 1.54) is 12.8 Å². The van der Waals surface area contributed by atoms with Crippen molar-refractivity contribution in [1.29, 1.82) is 0 Å². The largest absolute Gasteiger partial charge is 0.314 e. The molecule has 0 unspecified atom stereocenters. The van der Waals surface area contributed by atoms with Crippen LogP contribution in [-0.4, -0.2) is 19.3 Å². The van der Waals surface area contributed by atoms with E-state index >= 15 is 0 Å². The Morgan fingerprint density at radius 3 is 2.75 bits per heavy atom. The Balaban J connectivity index is 1.74. The van der Waals surface area contributed by atoms with Gasteiger partial charge >= 0.3 is 0 Å². The molecule has 0 spiro atoms. The van der Waals surface area contributed by atoms with Gasteiger partial charge in [-0.2, -0.15) is 0 Å². The first-order valence-corrected chi connectivity index (χ1v) is 3.23. The van der Waals surface area contributed by atoms with E-state index < -0.39 is 0 Å². The van der Waals surface area contributed by atoms with Gasteiger partial charge in [-0.3, -0.25) is 4.39 Å². The van der Waals surface area contributed by atoms with Crippen LogP contribution in [-0.2, 0) is 0 Å². The van der Waals surface area contributed by atoms with E-state index in [2.05, 4.69) is 5.32 Å². The van der Waals surface area contributed by atoms with Crippen molar-refractivity contribution in [1.82, 2.24) is 5.32 Å². The lowest BCUT2D eigenvalue weighted by Crippen LogP contribution is -2.17. The topological polar surface area (TPSA) is 12.0 Å². The molecule has 0 saturated heterocycles. The van der Waals surface area contributed by atoms with Crippen LogP contribution in [0, 0.1) is 0 Å². The van der Waals surface area contributed by atoms with Crippen LogP contribution >= 0.6 is 0 Å². The summed E-state index contributed by atoms with van der Waals surface area (Å²) in [6, 6.07) is 0.738. The van der Waals surface area contributed by atoms with E-state index in [0.717, 1.165) is 12.6 Å². The van der Waals surface area contributed by atoms with Gasteiger partial charge in [-0.1, -0.05) is 0 Å². The predicted octanol–water partition coefficient (Wildman–Crippen LogP) is 1.10. The first-order chi connectivity index (χ1) is 3.93. The number of hydrogen-bond acceptors (Lipinski definition) is 1. The van der Waals surface area contributed by atoms with Gasteiger partial charge in [0.15, 0.2) is 0 Å². The fraction of sp³-hybridized carbons (Fsp3) is 1.00. The summed E-state index contributed by atoms with van der Waals surface area (Å²) in [5.74, 6) is 0. The molecule has 1 saturated carbocycles. The Bertz CT molecular complexity index is 61.5. The van der Waals surface area contributed by atoms with Gasteiger partial charge in [-0.15, -0.1) is 0 Å². The Labute approximate surface area is 49.3 Å². The minimum atomic E-state index is -0.181. The van der Waals surface area contributed by atoms with Crippen molar-refractivity contribution < 1.29 is 4.39 Å². The van der Waals surface area contributed by atoms with Crippen LogP contribution in [0.4, 0.5) is 4.39 Å². The summed E-state index contributed by atoms with van der Waals surface area (Å²) in [6.07, 6.45) is 3.27. The van der Waals surface area contributed by atoms with Gasteiger partial charge in [-0.25, -0.2) is 0 Å². The molecule has 1 aliphatic rings. The molecule has 0 radical (unpaired) electrons. The third-order valence-electron chi connectivity index (χ3n) is 1.32. The highest BCUT2D eigenvalue weighted by Gasteiger charge is 2.19. The van der Waals surface area contributed by atoms with Crippen molar-refractivity contribution in [3.05, 3.63) is 0 Å². The standard InChI is InChI=1S/C6H12FN/c7-4-1-5-8-6-2-3-6/h6,8H,1-5H2. The molecule has 1 fully saturated rings. The van der Waals surface area contributed by atoms with Gasteiger partial charge in [0.05, 0.1) is 6.67 Å². The van der Waals surface area contributed by atoms with E-state index in [4.69, 9.17) is 0 Å². The highest BCUT2D eigenvalue weighted by molar-refractivity contribution is 4.80. The lowest BCUT2D eigenvalue weighted by Gasteiger charge is -1.96. The second-order valence-electron chi connectivity index (χ2n) is 2.27. The van der Waals surface area contributed by atoms with Crippen LogP contribution in [0.25, 0.3) is 0 Å². The Morgan fingerprint density at radius 1 is 1.50 bits per heavy atom. The summed E-state index contributed by atoms with van der Waals surface area (Å²) in [7, 11) is 0. The Hall–Kier alpha value is -0.110. The average molecular weight is 117 g/mol. The van der Waals surface area contributed by atoms with E-state index in [9.17, 15) is 4.39 Å². The molecule has 0 aliphatic heterocycles. The van der Waals surface area contributed by atoms with Gasteiger partial charge in [0, 0.05) is 6.04 Å². The van der Waals surface area contributed by atoms with E-state index in [1.807, 2.05) is 0 Å². The molecule has 1 N–H and O–H groups in total. The zero-order valence-corrected chi connectivity index (χ0v) is 4.99. The van der Waals surface area contributed by atoms with Crippen LogP contribution in [0.15, 0.2) is 0 Å². The smallest absolute Gasteiger partial charge is 0.0906 e. The highest BCUT2D eigenvalue weighted by atomic mass is 19.1. The fourth-order valence-corrected chi connectivity index (χ4v) is 0.660. The van der Waals surface area contributed by atoms with Gasteiger partial charge < -0.3 is 5.32 Å². The SMILES string of the molecule is FCCCNC1CC1. The molecule has 0 amide bonds. The predicted molar refractivity (Wildman–Crippen MR) is 31.6 cm³/mol. The average Bonchev–Trinajstić information content (AvgIpc) is 2.51. The molecule has 0 heterocycles. The normalized spacial score (nSPS) is 19.1. The summed E-state index contributed by atoms with van der Waals surface area (Å²) < 4.78 is 11.4. The minimum absolute atomic E-state index is 0.181. The van der Waals surface area contributed by atoms with Crippen molar-refractivity contribution >= 4 is 0 Å². The first kappa shape index (κ1) is 6.02. The van der Waals surface area contributed by atoms with Crippen LogP contribution in [0.5, 0.6) is 0 Å². The van der Waals surface area contributed by atoms with E-state index in [1.54, 1.807) is 0 Å². The molecular formula is C6H12FN. The zero-order valence-electron chi connectivity index (χ0n) is 4.99. The number of halogens is 1. The molecule has 48 valence electrons. The molecule has 0 atom stereocenters. The monoisotopic (exact) mass is 117 g/mol. The van der Waals surface area contributed by atoms with Crippen molar-refractivity contribution in [2.24, 2.45) is 0 Å². The lowest BCUT2D eigenvalue weighted by molar-refractivity contribution is 0.459. The fourth-order valence-electron chi connectivity index (χ4n) is 0.660. The molecule has 2 heteroatoms. The first-order valence-electron chi connectivity index (χ1n) is 3.23. The van der Waals surface area contributed by atoms with Gasteiger partial charge in [-0.05, 0) is 25.8 Å². The molecular weight excluding hydrogens is 105 g/mol. The molecule has 0 bridgehead atoms. The summed E-state index contributed by atoms with van der Waals surface area (Å²) in [5, 5.41) is 3.22. The third kappa shape index (κ3) is 2.26. The summed E-state index contributed by atoms with van der Waals surface area (Å²) in [4.78, 5) is 0. The molecule has 1 nitrogen and oxygen atoms in total. The number of rotatable bonds is 4. The maximum Gasteiger partial charge on any atom is 0.0906 e. The quantitative estimate of drug-likeness (QED) is 0.544. The van der Waals surface area contributed by atoms with E-state index in [-0.39, 0.29) is 6.67 Å². The van der Waals surface area contributed by atoms with E-state index in [0.29, 0.717) is 6.42 Å². The van der Waals surface area contributed by atoms with Crippen LogP contribution in [0.2, 0.25) is 0 Å². The summed E-state index contributed by atoms with van der Waals surface area (Å²) >= 11 is 0. The minimum Gasteiger partial charge on any atom is -0.314 e. The van der Waals surface area contributed by atoms with Crippen molar-refractivity contribution in [2.45, 2.75) is 25.3 Å². The summed E-state index contributed by atoms with van der Waals surface area (Å²) in [5.41, 5.74) is 0. The van der Waals surface area contributed by atoms with Gasteiger partial charge in [0.25, 0.3) is 0 Å². The maximum atomic E-state index is 11.4. The van der Waals surface area contributed by atoms with Crippen LogP contribution < -0.4 is 5.32 Å². The second-order valence-corrected chi connectivity index (χ2v) is 2.27. The molecule has 8 heavy (non-hydrogen) atoms. The molecule has 0 aromatic rings. The lowest BCUT2D eigenvalue weighted by atomic mass is 10.4. The second kappa shape index (κ2) is 3.02. The van der Waals surface area contributed by atoms with Gasteiger partial charge in [0.2, 0.25) is 0 Å². The molecule has 1 rings (SSSR count). The zero-order chi connectivity index (χ0) is 5.82. The molecule has 1 aliphatic carbocycles. The molecule has 0 aromatic heterocycles. The number of hydrogen-bond donors (Lipinski definition) is 1. The highest BCUT2D eigenvalue weighted by Crippen LogP contribution is 2.18. The number of nitrogens with one attached hydrogen (secondary N) is 1. The van der Waals surface area contributed by atoms with Gasteiger partial charge in [0.1, 0.15) is 0 Å². The van der Waals surface area contributed by atoms with Crippen molar-refractivity contribution in [2.75, 3.05) is 13.2 Å². The number of alkyl halides is 1. The summed E-state index contributed by atoms with van der Waals surface area (Å²) in [6.45, 7) is 0.681. The van der Waals surface area contributed by atoms with Crippen LogP contribution in [0.1, 0.15) is 19.3 Å². The van der Waals surface area contributed by atoms with Crippen molar-refractivity contribution in [3.8, 4) is 0 Å². The Morgan fingerprint density at radius 2 is 2.25 bits per heavy atom. The maximum absolute atomic E-state index is 11.4. The third-order valence-corrected chi connectivity index (χ3v) is 1.32. The van der Waals surface area contributed by atoms with Crippen molar-refractivity contribution in [3.63, 3.8) is 0 Å². The van der Waals surface area contributed by atoms with Crippen LogP contribution in [0.3, 0.4) is 0 Å².